The number of nitrogens with zero attached hydrogens (tertiary/aromatic N) is 3. The fraction of sp³-hybridized carbons (Fsp3) is 0.522. The fourth-order valence-electron chi connectivity index (χ4n) is 3.51. The number of thiazole rings is 1. The molecule has 1 aliphatic rings. The molecule has 0 saturated carbocycles. The van der Waals surface area contributed by atoms with Gasteiger partial charge in [0.2, 0.25) is 0 Å². The third-order valence-electron chi connectivity index (χ3n) is 5.10. The Labute approximate surface area is 178 Å². The third kappa shape index (κ3) is 6.57. The smallest absolute Gasteiger partial charge is 0.183 e. The Morgan fingerprint density at radius 1 is 1.07 bits per heavy atom. The number of nitrogens with one attached hydrogen (secondary N) is 2. The molecule has 3 rings (SSSR count). The highest BCUT2D eigenvalue weighted by atomic mass is 32.1. The Bertz CT molecular complexity index is 832. The number of rotatable bonds is 9. The summed E-state index contributed by atoms with van der Waals surface area (Å²) in [6, 6.07) is 10.0. The molecule has 0 fully saturated rings. The molecule has 0 saturated heterocycles. The predicted octanol–water partition coefficient (Wildman–Crippen LogP) is 5.39. The second-order valence-corrected chi connectivity index (χ2v) is 8.39. The van der Waals surface area contributed by atoms with Gasteiger partial charge in [0.25, 0.3) is 0 Å². The summed E-state index contributed by atoms with van der Waals surface area (Å²) in [5.41, 5.74) is 3.00. The quantitative estimate of drug-likeness (QED) is 0.545. The van der Waals surface area contributed by atoms with Gasteiger partial charge in [0, 0.05) is 26.1 Å². The maximum atomic E-state index is 9.03. The standard InChI is InChI=1S/C23H31N5S/c1-2-25-23-28-20(22(29-23)19-13-11-18(17-24)12-14-19)9-5-3-7-15-26-21-10-6-4-8-16-27-21/h11-14H,2-10,15-16H2,1H3,(H,25,28)(H,26,27). The molecular weight excluding hydrogens is 378 g/mol. The zero-order valence-electron chi connectivity index (χ0n) is 17.3. The second kappa shape index (κ2) is 11.6. The molecule has 2 N–H and O–H groups in total. The van der Waals surface area contributed by atoms with E-state index in [0.717, 1.165) is 61.7 Å². The van der Waals surface area contributed by atoms with E-state index in [0.29, 0.717) is 5.56 Å². The summed E-state index contributed by atoms with van der Waals surface area (Å²) in [5, 5.41) is 16.9. The van der Waals surface area contributed by atoms with E-state index in [1.807, 2.05) is 24.3 Å². The maximum Gasteiger partial charge on any atom is 0.183 e. The van der Waals surface area contributed by atoms with Crippen LogP contribution in [0.3, 0.4) is 0 Å². The third-order valence-corrected chi connectivity index (χ3v) is 6.20. The molecule has 0 unspecified atom stereocenters. The van der Waals surface area contributed by atoms with Crippen molar-refractivity contribution in [2.24, 2.45) is 4.99 Å². The number of aryl methyl sites for hydroxylation is 1. The maximum absolute atomic E-state index is 9.03. The average Bonchev–Trinajstić information content (AvgIpc) is 2.96. The van der Waals surface area contributed by atoms with E-state index in [1.54, 1.807) is 11.3 Å². The first-order chi connectivity index (χ1) is 14.3. The molecule has 1 aliphatic heterocycles. The Morgan fingerprint density at radius 3 is 2.72 bits per heavy atom. The zero-order chi connectivity index (χ0) is 20.3. The van der Waals surface area contributed by atoms with Crippen LogP contribution >= 0.6 is 11.3 Å². The summed E-state index contributed by atoms with van der Waals surface area (Å²) in [6.07, 6.45) is 9.37. The van der Waals surface area contributed by atoms with Crippen molar-refractivity contribution in [2.45, 2.75) is 58.3 Å². The molecule has 1 aromatic carbocycles. The minimum Gasteiger partial charge on any atom is -0.374 e. The summed E-state index contributed by atoms with van der Waals surface area (Å²) in [6.45, 7) is 4.96. The van der Waals surface area contributed by atoms with Crippen molar-refractivity contribution < 1.29 is 0 Å². The van der Waals surface area contributed by atoms with Gasteiger partial charge in [-0.25, -0.2) is 4.98 Å². The van der Waals surface area contributed by atoms with E-state index >= 15 is 0 Å². The van der Waals surface area contributed by atoms with E-state index in [-0.39, 0.29) is 0 Å². The van der Waals surface area contributed by atoms with Crippen LogP contribution < -0.4 is 10.6 Å². The van der Waals surface area contributed by atoms with Crippen molar-refractivity contribution in [3.8, 4) is 16.5 Å². The van der Waals surface area contributed by atoms with Gasteiger partial charge in [-0.05, 0) is 56.7 Å². The largest absolute Gasteiger partial charge is 0.374 e. The Balaban J connectivity index is 1.51. The lowest BCUT2D eigenvalue weighted by Gasteiger charge is -2.08. The summed E-state index contributed by atoms with van der Waals surface area (Å²) >= 11 is 1.71. The highest BCUT2D eigenvalue weighted by Crippen LogP contribution is 2.34. The number of aromatic nitrogens is 1. The number of benzene rings is 1. The molecule has 0 bridgehead atoms. The minimum absolute atomic E-state index is 0.692. The monoisotopic (exact) mass is 409 g/mol. The summed E-state index contributed by atoms with van der Waals surface area (Å²) < 4.78 is 0. The van der Waals surface area contributed by atoms with Gasteiger partial charge in [-0.3, -0.25) is 4.99 Å². The van der Waals surface area contributed by atoms with Gasteiger partial charge >= 0.3 is 0 Å². The first kappa shape index (κ1) is 21.3. The van der Waals surface area contributed by atoms with Crippen molar-refractivity contribution in [2.75, 3.05) is 25.0 Å². The molecular formula is C23H31N5S. The van der Waals surface area contributed by atoms with E-state index in [1.165, 1.54) is 36.4 Å². The summed E-state index contributed by atoms with van der Waals surface area (Å²) in [7, 11) is 0. The highest BCUT2D eigenvalue weighted by molar-refractivity contribution is 7.19. The van der Waals surface area contributed by atoms with Crippen molar-refractivity contribution in [3.63, 3.8) is 0 Å². The molecule has 2 aromatic rings. The molecule has 0 radical (unpaired) electrons. The van der Waals surface area contributed by atoms with Crippen molar-refractivity contribution in [1.82, 2.24) is 10.3 Å². The van der Waals surface area contributed by atoms with E-state index in [9.17, 15) is 0 Å². The number of hydrogen-bond donors (Lipinski definition) is 2. The SMILES string of the molecule is CCNc1nc(CCCCCNC2=NCCCCC2)c(-c2ccc(C#N)cc2)s1. The van der Waals surface area contributed by atoms with E-state index in [2.05, 4.69) is 28.6 Å². The molecule has 29 heavy (non-hydrogen) atoms. The molecule has 5 nitrogen and oxygen atoms in total. The average molecular weight is 410 g/mol. The number of unbranched alkanes of at least 4 members (excludes halogenated alkanes) is 2. The van der Waals surface area contributed by atoms with Crippen LogP contribution in [0, 0.1) is 11.3 Å². The Kier molecular flexibility index (Phi) is 8.51. The highest BCUT2D eigenvalue weighted by Gasteiger charge is 2.13. The second-order valence-electron chi connectivity index (χ2n) is 7.39. The van der Waals surface area contributed by atoms with Crippen LogP contribution in [0.4, 0.5) is 5.13 Å². The molecule has 0 atom stereocenters. The number of amidine groups is 1. The number of hydrogen-bond acceptors (Lipinski definition) is 6. The van der Waals surface area contributed by atoms with Crippen molar-refractivity contribution >= 4 is 22.3 Å². The topological polar surface area (TPSA) is 73.1 Å². The Hall–Kier alpha value is -2.39. The van der Waals surface area contributed by atoms with Gasteiger partial charge in [-0.15, -0.1) is 0 Å². The van der Waals surface area contributed by atoms with Crippen molar-refractivity contribution in [1.29, 1.82) is 5.26 Å². The van der Waals surface area contributed by atoms with Crippen LogP contribution in [0.1, 0.15) is 63.1 Å². The van der Waals surface area contributed by atoms with Crippen LogP contribution in [0.25, 0.3) is 10.4 Å². The van der Waals surface area contributed by atoms with Crippen LogP contribution in [0.15, 0.2) is 29.3 Å². The zero-order valence-corrected chi connectivity index (χ0v) is 18.2. The van der Waals surface area contributed by atoms with Crippen LogP contribution in [-0.4, -0.2) is 30.5 Å². The first-order valence-corrected chi connectivity index (χ1v) is 11.6. The van der Waals surface area contributed by atoms with Crippen LogP contribution in [0.2, 0.25) is 0 Å². The Morgan fingerprint density at radius 2 is 1.93 bits per heavy atom. The van der Waals surface area contributed by atoms with Crippen LogP contribution in [-0.2, 0) is 6.42 Å². The summed E-state index contributed by atoms with van der Waals surface area (Å²) in [4.78, 5) is 10.7. The van der Waals surface area contributed by atoms with E-state index < -0.39 is 0 Å². The predicted molar refractivity (Wildman–Crippen MR) is 123 cm³/mol. The van der Waals surface area contributed by atoms with Gasteiger partial charge in [-0.1, -0.05) is 36.3 Å². The molecule has 6 heteroatoms. The minimum atomic E-state index is 0.692. The molecule has 0 aliphatic carbocycles. The summed E-state index contributed by atoms with van der Waals surface area (Å²) in [5.74, 6) is 1.21. The van der Waals surface area contributed by atoms with Crippen molar-refractivity contribution in [3.05, 3.63) is 35.5 Å². The first-order valence-electron chi connectivity index (χ1n) is 10.8. The molecule has 2 heterocycles. The lowest BCUT2D eigenvalue weighted by atomic mass is 10.1. The van der Waals surface area contributed by atoms with Gasteiger partial charge in [0.15, 0.2) is 5.13 Å². The number of aliphatic imine (C=N–C) groups is 1. The van der Waals surface area contributed by atoms with Gasteiger partial charge in [0.1, 0.15) is 0 Å². The van der Waals surface area contributed by atoms with Gasteiger partial charge < -0.3 is 10.6 Å². The molecule has 154 valence electrons. The van der Waals surface area contributed by atoms with E-state index in [4.69, 9.17) is 10.2 Å². The fourth-order valence-corrected chi connectivity index (χ4v) is 4.60. The molecule has 1 aromatic heterocycles. The lowest BCUT2D eigenvalue weighted by molar-refractivity contribution is 0.655. The lowest BCUT2D eigenvalue weighted by Crippen LogP contribution is -2.24. The molecule has 0 amide bonds. The normalized spacial score (nSPS) is 14.0. The van der Waals surface area contributed by atoms with Gasteiger partial charge in [-0.2, -0.15) is 5.26 Å². The molecule has 0 spiro atoms. The number of anilines is 1. The van der Waals surface area contributed by atoms with Crippen LogP contribution in [0.5, 0.6) is 0 Å². The number of nitriles is 1. The van der Waals surface area contributed by atoms with Gasteiger partial charge in [0.05, 0.1) is 28.0 Å².